The molecule has 2 heterocycles. The SMILES string of the molecule is CCc1ccc(NC(=O)c2cccnc2SCc2cc(C)on2)cc1[N+](=O)[O-]. The van der Waals surface area contributed by atoms with Gasteiger partial charge in [-0.2, -0.15) is 0 Å². The van der Waals surface area contributed by atoms with E-state index >= 15 is 0 Å². The van der Waals surface area contributed by atoms with E-state index in [0.717, 1.165) is 5.69 Å². The predicted octanol–water partition coefficient (Wildman–Crippen LogP) is 4.39. The van der Waals surface area contributed by atoms with Gasteiger partial charge in [0.2, 0.25) is 0 Å². The number of carbonyl (C=O) groups is 1. The highest BCUT2D eigenvalue weighted by Crippen LogP contribution is 2.27. The third-order valence-corrected chi connectivity index (χ3v) is 5.01. The van der Waals surface area contributed by atoms with Gasteiger partial charge in [-0.15, -0.1) is 0 Å². The van der Waals surface area contributed by atoms with Crippen molar-refractivity contribution in [1.29, 1.82) is 0 Å². The third-order valence-electron chi connectivity index (χ3n) is 3.97. The molecule has 3 aromatic rings. The number of nitro benzene ring substituents is 1. The van der Waals surface area contributed by atoms with Crippen LogP contribution in [0, 0.1) is 17.0 Å². The lowest BCUT2D eigenvalue weighted by Gasteiger charge is -2.09. The highest BCUT2D eigenvalue weighted by atomic mass is 32.2. The van der Waals surface area contributed by atoms with E-state index in [0.29, 0.717) is 39.8 Å². The van der Waals surface area contributed by atoms with Crippen molar-refractivity contribution in [2.75, 3.05) is 5.32 Å². The number of amides is 1. The molecule has 1 amide bonds. The molecule has 0 fully saturated rings. The number of hydrogen-bond acceptors (Lipinski definition) is 7. The van der Waals surface area contributed by atoms with Crippen LogP contribution in [-0.4, -0.2) is 21.0 Å². The number of carbonyl (C=O) groups excluding carboxylic acids is 1. The summed E-state index contributed by atoms with van der Waals surface area (Å²) in [6.45, 7) is 3.65. The quantitative estimate of drug-likeness (QED) is 0.357. The van der Waals surface area contributed by atoms with Crippen molar-refractivity contribution in [1.82, 2.24) is 10.1 Å². The number of nitro groups is 1. The molecule has 0 radical (unpaired) electrons. The van der Waals surface area contributed by atoms with E-state index in [1.54, 1.807) is 30.5 Å². The van der Waals surface area contributed by atoms with Gasteiger partial charge in [0.15, 0.2) is 0 Å². The number of nitrogens with one attached hydrogen (secondary N) is 1. The predicted molar refractivity (Wildman–Crippen MR) is 105 cm³/mol. The Morgan fingerprint density at radius 1 is 1.32 bits per heavy atom. The van der Waals surface area contributed by atoms with Gasteiger partial charge in [-0.1, -0.05) is 29.9 Å². The second-order valence-corrected chi connectivity index (χ2v) is 6.95. The van der Waals surface area contributed by atoms with Crippen molar-refractivity contribution < 1.29 is 14.2 Å². The van der Waals surface area contributed by atoms with Gasteiger partial charge in [0.05, 0.1) is 16.2 Å². The lowest BCUT2D eigenvalue weighted by Crippen LogP contribution is -2.14. The Hall–Kier alpha value is -3.20. The number of thioether (sulfide) groups is 1. The highest BCUT2D eigenvalue weighted by molar-refractivity contribution is 7.98. The Morgan fingerprint density at radius 3 is 2.82 bits per heavy atom. The number of anilines is 1. The summed E-state index contributed by atoms with van der Waals surface area (Å²) < 4.78 is 5.04. The lowest BCUT2D eigenvalue weighted by atomic mass is 10.1. The van der Waals surface area contributed by atoms with Crippen LogP contribution in [0.25, 0.3) is 0 Å². The molecule has 0 saturated carbocycles. The summed E-state index contributed by atoms with van der Waals surface area (Å²) in [7, 11) is 0. The molecule has 8 nitrogen and oxygen atoms in total. The van der Waals surface area contributed by atoms with Crippen molar-refractivity contribution in [2.24, 2.45) is 0 Å². The van der Waals surface area contributed by atoms with Crippen LogP contribution < -0.4 is 5.32 Å². The summed E-state index contributed by atoms with van der Waals surface area (Å²) >= 11 is 1.36. The highest BCUT2D eigenvalue weighted by Gasteiger charge is 2.17. The number of nitrogens with zero attached hydrogens (tertiary/aromatic N) is 3. The second kappa shape index (κ2) is 8.66. The van der Waals surface area contributed by atoms with Gasteiger partial charge < -0.3 is 9.84 Å². The van der Waals surface area contributed by atoms with Gasteiger partial charge in [-0.05, 0) is 31.5 Å². The largest absolute Gasteiger partial charge is 0.361 e. The van der Waals surface area contributed by atoms with Gasteiger partial charge in [-0.3, -0.25) is 14.9 Å². The van der Waals surface area contributed by atoms with Crippen LogP contribution in [0.15, 0.2) is 52.1 Å². The molecule has 0 aliphatic rings. The summed E-state index contributed by atoms with van der Waals surface area (Å²) in [5, 5.41) is 18.4. The first-order valence-corrected chi connectivity index (χ1v) is 9.55. The Morgan fingerprint density at radius 2 is 2.14 bits per heavy atom. The molecule has 0 saturated heterocycles. The fourth-order valence-electron chi connectivity index (χ4n) is 2.62. The van der Waals surface area contributed by atoms with Crippen LogP contribution in [-0.2, 0) is 12.2 Å². The molecule has 1 N–H and O–H groups in total. The molecule has 28 heavy (non-hydrogen) atoms. The van der Waals surface area contributed by atoms with Crippen LogP contribution in [0.3, 0.4) is 0 Å². The molecule has 1 aromatic carbocycles. The molecule has 144 valence electrons. The van der Waals surface area contributed by atoms with Crippen molar-refractivity contribution in [3.63, 3.8) is 0 Å². The number of aryl methyl sites for hydroxylation is 2. The van der Waals surface area contributed by atoms with E-state index in [4.69, 9.17) is 4.52 Å². The zero-order chi connectivity index (χ0) is 20.1. The van der Waals surface area contributed by atoms with E-state index in [1.165, 1.54) is 17.8 Å². The number of hydrogen-bond donors (Lipinski definition) is 1. The van der Waals surface area contributed by atoms with Gasteiger partial charge in [0, 0.05) is 35.3 Å². The summed E-state index contributed by atoms with van der Waals surface area (Å²) in [4.78, 5) is 27.8. The van der Waals surface area contributed by atoms with Crippen LogP contribution >= 0.6 is 11.8 Å². The Balaban J connectivity index is 1.77. The van der Waals surface area contributed by atoms with Gasteiger partial charge >= 0.3 is 0 Å². The molecular formula is C19H18N4O4S. The van der Waals surface area contributed by atoms with E-state index in [-0.39, 0.29) is 11.6 Å². The normalized spacial score (nSPS) is 10.6. The van der Waals surface area contributed by atoms with E-state index < -0.39 is 4.92 Å². The maximum Gasteiger partial charge on any atom is 0.274 e. The minimum atomic E-state index is -0.445. The van der Waals surface area contributed by atoms with Crippen molar-refractivity contribution in [3.05, 3.63) is 75.3 Å². The van der Waals surface area contributed by atoms with Crippen LogP contribution in [0.5, 0.6) is 0 Å². The van der Waals surface area contributed by atoms with E-state index in [2.05, 4.69) is 15.5 Å². The van der Waals surface area contributed by atoms with Crippen molar-refractivity contribution in [2.45, 2.75) is 31.0 Å². The average molecular weight is 398 g/mol. The van der Waals surface area contributed by atoms with E-state index in [1.807, 2.05) is 19.9 Å². The van der Waals surface area contributed by atoms with Gasteiger partial charge in [-0.25, -0.2) is 4.98 Å². The number of rotatable bonds is 7. The Labute approximate surface area is 165 Å². The fourth-order valence-corrected chi connectivity index (χ4v) is 3.49. The molecule has 0 bridgehead atoms. The van der Waals surface area contributed by atoms with E-state index in [9.17, 15) is 14.9 Å². The monoisotopic (exact) mass is 398 g/mol. The zero-order valence-electron chi connectivity index (χ0n) is 15.3. The van der Waals surface area contributed by atoms with Gasteiger partial charge in [0.1, 0.15) is 10.8 Å². The molecule has 0 atom stereocenters. The number of benzene rings is 1. The van der Waals surface area contributed by atoms with Crippen molar-refractivity contribution >= 4 is 29.0 Å². The zero-order valence-corrected chi connectivity index (χ0v) is 16.2. The summed E-state index contributed by atoms with van der Waals surface area (Å²) in [6.07, 6.45) is 2.14. The molecule has 0 aliphatic carbocycles. The van der Waals surface area contributed by atoms with Crippen LogP contribution in [0.4, 0.5) is 11.4 Å². The second-order valence-electron chi connectivity index (χ2n) is 5.98. The van der Waals surface area contributed by atoms with Crippen LogP contribution in [0.2, 0.25) is 0 Å². The number of pyridine rings is 1. The molecule has 2 aromatic heterocycles. The first-order chi connectivity index (χ1) is 13.5. The summed E-state index contributed by atoms with van der Waals surface area (Å²) in [6, 6.07) is 9.84. The molecular weight excluding hydrogens is 380 g/mol. The molecule has 0 unspecified atom stereocenters. The first kappa shape index (κ1) is 19.6. The standard InChI is InChI=1S/C19H18N4O4S/c1-3-13-6-7-14(10-17(13)23(25)26)21-18(24)16-5-4-8-20-19(16)28-11-15-9-12(2)27-22-15/h4-10H,3,11H2,1-2H3,(H,21,24). The molecule has 0 aliphatic heterocycles. The molecule has 0 spiro atoms. The number of aromatic nitrogens is 2. The molecule has 9 heteroatoms. The lowest BCUT2D eigenvalue weighted by molar-refractivity contribution is -0.385. The maximum atomic E-state index is 12.7. The molecule has 3 rings (SSSR count). The minimum Gasteiger partial charge on any atom is -0.361 e. The first-order valence-electron chi connectivity index (χ1n) is 8.56. The van der Waals surface area contributed by atoms with Crippen LogP contribution in [0.1, 0.15) is 34.3 Å². The van der Waals surface area contributed by atoms with Gasteiger partial charge in [0.25, 0.3) is 11.6 Å². The minimum absolute atomic E-state index is 0.0116. The summed E-state index contributed by atoms with van der Waals surface area (Å²) in [5.74, 6) is 0.836. The Bertz CT molecular complexity index is 1020. The smallest absolute Gasteiger partial charge is 0.274 e. The topological polar surface area (TPSA) is 111 Å². The summed E-state index contributed by atoms with van der Waals surface area (Å²) in [5.41, 5.74) is 2.10. The average Bonchev–Trinajstić information content (AvgIpc) is 3.11. The van der Waals surface area contributed by atoms with Crippen molar-refractivity contribution in [3.8, 4) is 0 Å². The fraction of sp³-hybridized carbons (Fsp3) is 0.211. The Kier molecular flexibility index (Phi) is 6.05. The third kappa shape index (κ3) is 4.55. The maximum absolute atomic E-state index is 12.7.